The number of hydrogen-bond acceptors (Lipinski definition) is 2. The molecule has 3 rings (SSSR count). The molecule has 2 aromatic carbocycles. The number of para-hydroxylation sites is 1. The van der Waals surface area contributed by atoms with Gasteiger partial charge < -0.3 is 15.5 Å². The molecule has 0 aliphatic heterocycles. The fourth-order valence-corrected chi connectivity index (χ4v) is 2.62. The summed E-state index contributed by atoms with van der Waals surface area (Å²) < 4.78 is 5.22. The minimum absolute atomic E-state index is 0.635. The molecule has 0 bridgehead atoms. The Bertz CT molecular complexity index is 713. The molecule has 0 radical (unpaired) electrons. The number of nitrogens with two attached hydrogens (primary N) is 1. The third kappa shape index (κ3) is 2.17. The van der Waals surface area contributed by atoms with Crippen LogP contribution in [0.4, 0.5) is 0 Å². The number of hydrogen-bond donors (Lipinski definition) is 2. The Morgan fingerprint density at radius 3 is 2.50 bits per heavy atom. The van der Waals surface area contributed by atoms with Crippen LogP contribution >= 0.6 is 0 Å². The van der Waals surface area contributed by atoms with Crippen molar-refractivity contribution in [2.75, 3.05) is 13.7 Å². The van der Waals surface area contributed by atoms with Crippen molar-refractivity contribution in [3.05, 3.63) is 54.2 Å². The minimum Gasteiger partial charge on any atom is -0.497 e. The van der Waals surface area contributed by atoms with Gasteiger partial charge in [0.05, 0.1) is 7.11 Å². The van der Waals surface area contributed by atoms with Gasteiger partial charge in [0.15, 0.2) is 0 Å². The summed E-state index contributed by atoms with van der Waals surface area (Å²) in [4.78, 5) is 3.48. The summed E-state index contributed by atoms with van der Waals surface area (Å²) in [6.07, 6.45) is 0.843. The van der Waals surface area contributed by atoms with Gasteiger partial charge in [0.2, 0.25) is 0 Å². The van der Waals surface area contributed by atoms with Crippen LogP contribution in [0.2, 0.25) is 0 Å². The van der Waals surface area contributed by atoms with Crippen LogP contribution in [0.15, 0.2) is 48.5 Å². The summed E-state index contributed by atoms with van der Waals surface area (Å²) in [6, 6.07) is 16.5. The molecule has 3 aromatic rings. The second kappa shape index (κ2) is 5.39. The number of H-pyrrole nitrogens is 1. The summed E-state index contributed by atoms with van der Waals surface area (Å²) in [7, 11) is 1.68. The molecule has 1 aromatic heterocycles. The molecule has 1 heterocycles. The Kier molecular flexibility index (Phi) is 3.44. The first-order valence-corrected chi connectivity index (χ1v) is 6.77. The van der Waals surface area contributed by atoms with Crippen molar-refractivity contribution in [3.8, 4) is 16.9 Å². The molecule has 0 aliphatic rings. The highest BCUT2D eigenvalue weighted by molar-refractivity contribution is 5.97. The first kappa shape index (κ1) is 12.8. The van der Waals surface area contributed by atoms with Crippen molar-refractivity contribution >= 4 is 10.9 Å². The van der Waals surface area contributed by atoms with E-state index in [1.807, 2.05) is 18.2 Å². The van der Waals surface area contributed by atoms with Gasteiger partial charge in [-0.1, -0.05) is 30.3 Å². The fourth-order valence-electron chi connectivity index (χ4n) is 2.62. The van der Waals surface area contributed by atoms with Crippen molar-refractivity contribution in [1.82, 2.24) is 4.98 Å². The molecule has 0 fully saturated rings. The van der Waals surface area contributed by atoms with E-state index in [1.165, 1.54) is 22.2 Å². The average molecular weight is 266 g/mol. The van der Waals surface area contributed by atoms with Crippen LogP contribution in [-0.4, -0.2) is 18.6 Å². The van der Waals surface area contributed by atoms with Gasteiger partial charge in [0, 0.05) is 28.6 Å². The Hall–Kier alpha value is -2.26. The fraction of sp³-hybridized carbons (Fsp3) is 0.176. The van der Waals surface area contributed by atoms with E-state index in [0.29, 0.717) is 6.54 Å². The van der Waals surface area contributed by atoms with E-state index in [9.17, 15) is 0 Å². The number of ether oxygens (including phenoxy) is 1. The lowest BCUT2D eigenvalue weighted by molar-refractivity contribution is 0.415. The van der Waals surface area contributed by atoms with E-state index in [4.69, 9.17) is 10.5 Å². The van der Waals surface area contributed by atoms with Crippen molar-refractivity contribution in [3.63, 3.8) is 0 Å². The maximum Gasteiger partial charge on any atom is 0.118 e. The Labute approximate surface area is 118 Å². The van der Waals surface area contributed by atoms with Crippen molar-refractivity contribution in [2.24, 2.45) is 5.73 Å². The van der Waals surface area contributed by atoms with Crippen molar-refractivity contribution < 1.29 is 4.74 Å². The number of aromatic amines is 1. The zero-order valence-corrected chi connectivity index (χ0v) is 11.5. The maximum absolute atomic E-state index is 5.73. The molecule has 3 heteroatoms. The van der Waals surface area contributed by atoms with Gasteiger partial charge in [-0.25, -0.2) is 0 Å². The molecule has 0 saturated heterocycles. The Morgan fingerprint density at radius 1 is 1.05 bits per heavy atom. The molecule has 3 nitrogen and oxygen atoms in total. The Morgan fingerprint density at radius 2 is 1.80 bits per heavy atom. The third-order valence-electron chi connectivity index (χ3n) is 3.56. The maximum atomic E-state index is 5.73. The lowest BCUT2D eigenvalue weighted by Crippen LogP contribution is -2.03. The van der Waals surface area contributed by atoms with Crippen LogP contribution < -0.4 is 10.5 Å². The summed E-state index contributed by atoms with van der Waals surface area (Å²) in [5.41, 5.74) is 10.5. The van der Waals surface area contributed by atoms with E-state index >= 15 is 0 Å². The van der Waals surface area contributed by atoms with Crippen LogP contribution in [0.5, 0.6) is 5.75 Å². The zero-order valence-electron chi connectivity index (χ0n) is 11.5. The van der Waals surface area contributed by atoms with E-state index in [-0.39, 0.29) is 0 Å². The molecule has 0 atom stereocenters. The number of nitrogens with one attached hydrogen (secondary N) is 1. The highest BCUT2D eigenvalue weighted by atomic mass is 16.5. The quantitative estimate of drug-likeness (QED) is 0.761. The van der Waals surface area contributed by atoms with Crippen LogP contribution in [0.1, 0.15) is 5.69 Å². The normalized spacial score (nSPS) is 10.9. The molecule has 0 spiro atoms. The summed E-state index contributed by atoms with van der Waals surface area (Å²) in [6.45, 7) is 0.635. The molecule has 0 saturated carbocycles. The number of fused-ring (bicyclic) bond motifs is 1. The summed E-state index contributed by atoms with van der Waals surface area (Å²) in [5, 5.41) is 1.24. The van der Waals surface area contributed by atoms with Crippen molar-refractivity contribution in [2.45, 2.75) is 6.42 Å². The molecule has 0 amide bonds. The lowest BCUT2D eigenvalue weighted by Gasteiger charge is -2.06. The topological polar surface area (TPSA) is 51.0 Å². The highest BCUT2D eigenvalue weighted by Gasteiger charge is 2.12. The predicted octanol–water partition coefficient (Wildman–Crippen LogP) is 3.34. The van der Waals surface area contributed by atoms with Gasteiger partial charge in [-0.3, -0.25) is 0 Å². The van der Waals surface area contributed by atoms with Gasteiger partial charge >= 0.3 is 0 Å². The van der Waals surface area contributed by atoms with Crippen LogP contribution in [-0.2, 0) is 6.42 Å². The summed E-state index contributed by atoms with van der Waals surface area (Å²) >= 11 is 0. The van der Waals surface area contributed by atoms with E-state index in [1.54, 1.807) is 7.11 Å². The molecule has 20 heavy (non-hydrogen) atoms. The second-order valence-corrected chi connectivity index (χ2v) is 4.79. The zero-order chi connectivity index (χ0) is 13.9. The predicted molar refractivity (Wildman–Crippen MR) is 83.0 cm³/mol. The molecule has 102 valence electrons. The molecule has 0 unspecified atom stereocenters. The number of methoxy groups -OCH3 is 1. The SMILES string of the molecule is COc1ccc(-c2c(CCN)[nH]c3ccccc23)cc1. The third-order valence-corrected chi connectivity index (χ3v) is 3.56. The average Bonchev–Trinajstić information content (AvgIpc) is 2.86. The van der Waals surface area contributed by atoms with Gasteiger partial charge in [-0.05, 0) is 30.3 Å². The highest BCUT2D eigenvalue weighted by Crippen LogP contribution is 2.33. The lowest BCUT2D eigenvalue weighted by atomic mass is 10.0. The smallest absolute Gasteiger partial charge is 0.118 e. The van der Waals surface area contributed by atoms with E-state index < -0.39 is 0 Å². The monoisotopic (exact) mass is 266 g/mol. The van der Waals surface area contributed by atoms with Crippen molar-refractivity contribution in [1.29, 1.82) is 0 Å². The molecular formula is C17H18N2O. The molecular weight excluding hydrogens is 248 g/mol. The van der Waals surface area contributed by atoms with Gasteiger partial charge in [0.1, 0.15) is 5.75 Å². The van der Waals surface area contributed by atoms with Crippen LogP contribution in [0.25, 0.3) is 22.0 Å². The summed E-state index contributed by atoms with van der Waals surface area (Å²) in [5.74, 6) is 0.869. The van der Waals surface area contributed by atoms with Gasteiger partial charge in [0.25, 0.3) is 0 Å². The van der Waals surface area contributed by atoms with E-state index in [2.05, 4.69) is 35.3 Å². The van der Waals surface area contributed by atoms with Gasteiger partial charge in [-0.2, -0.15) is 0 Å². The Balaban J connectivity index is 2.18. The van der Waals surface area contributed by atoms with E-state index in [0.717, 1.165) is 17.7 Å². The largest absolute Gasteiger partial charge is 0.497 e. The number of benzene rings is 2. The first-order valence-electron chi connectivity index (χ1n) is 6.77. The van der Waals surface area contributed by atoms with Crippen LogP contribution in [0.3, 0.4) is 0 Å². The second-order valence-electron chi connectivity index (χ2n) is 4.79. The minimum atomic E-state index is 0.635. The van der Waals surface area contributed by atoms with Gasteiger partial charge in [-0.15, -0.1) is 0 Å². The molecule has 3 N–H and O–H groups in total. The first-order chi connectivity index (χ1) is 9.83. The number of aromatic nitrogens is 1. The standard InChI is InChI=1S/C17H18N2O/c1-20-13-8-6-12(7-9-13)17-14-4-2-3-5-15(14)19-16(17)10-11-18/h2-9,19H,10-11,18H2,1H3. The van der Waals surface area contributed by atoms with Crippen LogP contribution in [0, 0.1) is 0 Å². The number of rotatable bonds is 4. The molecule has 0 aliphatic carbocycles.